The van der Waals surface area contributed by atoms with Crippen LogP contribution in [0.4, 0.5) is 5.13 Å². The van der Waals surface area contributed by atoms with Crippen LogP contribution in [0.3, 0.4) is 0 Å². The Balaban J connectivity index is 1.61. The Morgan fingerprint density at radius 2 is 2.00 bits per heavy atom. The summed E-state index contributed by atoms with van der Waals surface area (Å²) in [6.07, 6.45) is 0. The molecule has 2 N–H and O–H groups in total. The third-order valence-electron chi connectivity index (χ3n) is 4.60. The van der Waals surface area contributed by atoms with Gasteiger partial charge < -0.3 is 9.67 Å². The van der Waals surface area contributed by atoms with Crippen molar-refractivity contribution < 1.29 is 9.90 Å². The summed E-state index contributed by atoms with van der Waals surface area (Å²) >= 11 is 7.53. The lowest BCUT2D eigenvalue weighted by atomic mass is 10.1. The first-order valence-electron chi connectivity index (χ1n) is 8.79. The molecular formula is C21H17ClN4O2S. The molecule has 0 radical (unpaired) electrons. The van der Waals surface area contributed by atoms with Crippen LogP contribution in [-0.2, 0) is 7.05 Å². The van der Waals surface area contributed by atoms with Crippen LogP contribution >= 0.6 is 22.9 Å². The Labute approximate surface area is 176 Å². The van der Waals surface area contributed by atoms with Gasteiger partial charge in [-0.2, -0.15) is 5.10 Å². The van der Waals surface area contributed by atoms with Gasteiger partial charge in [0.15, 0.2) is 0 Å². The van der Waals surface area contributed by atoms with E-state index in [1.54, 1.807) is 29.5 Å². The molecule has 0 spiro atoms. The number of halogens is 1. The van der Waals surface area contributed by atoms with Gasteiger partial charge in [-0.3, -0.25) is 5.43 Å². The average Bonchev–Trinajstić information content (AvgIpc) is 3.29. The predicted octanol–water partition coefficient (Wildman–Crippen LogP) is 5.49. The van der Waals surface area contributed by atoms with Crippen LogP contribution in [0, 0.1) is 0 Å². The van der Waals surface area contributed by atoms with Crippen LogP contribution in [0.1, 0.15) is 23.0 Å². The minimum atomic E-state index is -1.05. The molecule has 2 heterocycles. The molecule has 4 aromatic rings. The van der Waals surface area contributed by atoms with Crippen LogP contribution in [0.2, 0.25) is 5.02 Å². The van der Waals surface area contributed by atoms with Crippen molar-refractivity contribution in [1.82, 2.24) is 9.55 Å². The Bertz CT molecular complexity index is 1230. The molecule has 8 heteroatoms. The highest BCUT2D eigenvalue weighted by molar-refractivity contribution is 7.22. The Morgan fingerprint density at radius 1 is 1.21 bits per heavy atom. The van der Waals surface area contributed by atoms with Crippen molar-refractivity contribution in [3.8, 4) is 11.3 Å². The van der Waals surface area contributed by atoms with Crippen LogP contribution in [0.15, 0.2) is 59.7 Å². The van der Waals surface area contributed by atoms with Crippen molar-refractivity contribution in [3.05, 3.63) is 70.9 Å². The SMILES string of the molecule is C/C(=N\Nc1nc2ccccc2s1)c1ccc(-c2ccc(Cl)c(C(=O)O)c2)n1C. The number of aromatic nitrogens is 2. The van der Waals surface area contributed by atoms with E-state index in [0.717, 1.165) is 38.0 Å². The van der Waals surface area contributed by atoms with Crippen molar-refractivity contribution in [2.75, 3.05) is 5.43 Å². The number of hydrazone groups is 1. The molecule has 0 unspecified atom stereocenters. The number of hydrogen-bond donors (Lipinski definition) is 2. The monoisotopic (exact) mass is 424 g/mol. The smallest absolute Gasteiger partial charge is 0.337 e. The molecule has 2 aromatic carbocycles. The molecule has 0 saturated carbocycles. The van der Waals surface area contributed by atoms with Crippen LogP contribution < -0.4 is 5.43 Å². The number of rotatable bonds is 5. The molecule has 6 nitrogen and oxygen atoms in total. The molecule has 0 saturated heterocycles. The van der Waals surface area contributed by atoms with E-state index in [2.05, 4.69) is 15.5 Å². The van der Waals surface area contributed by atoms with Gasteiger partial charge >= 0.3 is 5.97 Å². The second kappa shape index (κ2) is 7.69. The number of anilines is 1. The molecule has 29 heavy (non-hydrogen) atoms. The number of carboxylic acid groups (broad SMARTS) is 1. The van der Waals surface area contributed by atoms with Gasteiger partial charge in [-0.05, 0) is 48.9 Å². The first-order chi connectivity index (χ1) is 13.9. The molecule has 0 atom stereocenters. The predicted molar refractivity (Wildman–Crippen MR) is 118 cm³/mol. The van der Waals surface area contributed by atoms with E-state index in [9.17, 15) is 9.90 Å². The van der Waals surface area contributed by atoms with E-state index in [1.807, 2.05) is 54.9 Å². The normalized spacial score (nSPS) is 11.8. The number of fused-ring (bicyclic) bond motifs is 1. The van der Waals surface area contributed by atoms with E-state index in [0.29, 0.717) is 0 Å². The molecule has 0 amide bonds. The van der Waals surface area contributed by atoms with Gasteiger partial charge in [-0.25, -0.2) is 9.78 Å². The Kier molecular flexibility index (Phi) is 5.08. The largest absolute Gasteiger partial charge is 0.478 e. The van der Waals surface area contributed by atoms with E-state index < -0.39 is 5.97 Å². The summed E-state index contributed by atoms with van der Waals surface area (Å²) in [5, 5.41) is 14.7. The fourth-order valence-corrected chi connectivity index (χ4v) is 4.13. The first-order valence-corrected chi connectivity index (χ1v) is 9.98. The maximum Gasteiger partial charge on any atom is 0.337 e. The number of aromatic carboxylic acids is 1. The van der Waals surface area contributed by atoms with Gasteiger partial charge in [0.25, 0.3) is 0 Å². The fraction of sp³-hybridized carbons (Fsp3) is 0.0952. The lowest BCUT2D eigenvalue weighted by Gasteiger charge is -2.09. The Morgan fingerprint density at radius 3 is 2.76 bits per heavy atom. The van der Waals surface area contributed by atoms with E-state index in [4.69, 9.17) is 11.6 Å². The van der Waals surface area contributed by atoms with Gasteiger partial charge in [0, 0.05) is 12.7 Å². The number of carboxylic acids is 1. The highest BCUT2D eigenvalue weighted by Gasteiger charge is 2.14. The summed E-state index contributed by atoms with van der Waals surface area (Å²) in [6, 6.07) is 16.8. The molecule has 0 aliphatic heterocycles. The number of benzene rings is 2. The van der Waals surface area contributed by atoms with Gasteiger partial charge in [0.05, 0.1) is 32.2 Å². The van der Waals surface area contributed by atoms with E-state index in [-0.39, 0.29) is 10.6 Å². The van der Waals surface area contributed by atoms with Gasteiger partial charge in [-0.15, -0.1) is 0 Å². The number of nitrogens with zero attached hydrogens (tertiary/aromatic N) is 3. The number of hydrogen-bond acceptors (Lipinski definition) is 5. The fourth-order valence-electron chi connectivity index (χ4n) is 3.12. The lowest BCUT2D eigenvalue weighted by molar-refractivity contribution is 0.0697. The van der Waals surface area contributed by atoms with Gasteiger partial charge in [0.2, 0.25) is 5.13 Å². The minimum Gasteiger partial charge on any atom is -0.478 e. The van der Waals surface area contributed by atoms with Crippen LogP contribution in [0.25, 0.3) is 21.5 Å². The van der Waals surface area contributed by atoms with Crippen molar-refractivity contribution in [2.24, 2.45) is 12.1 Å². The molecule has 2 aromatic heterocycles. The van der Waals surface area contributed by atoms with Crippen LogP contribution in [0.5, 0.6) is 0 Å². The second-order valence-electron chi connectivity index (χ2n) is 6.46. The van der Waals surface area contributed by atoms with Crippen LogP contribution in [-0.4, -0.2) is 26.3 Å². The minimum absolute atomic E-state index is 0.0785. The summed E-state index contributed by atoms with van der Waals surface area (Å²) in [5.41, 5.74) is 7.37. The molecule has 146 valence electrons. The summed E-state index contributed by atoms with van der Waals surface area (Å²) in [7, 11) is 1.91. The number of nitrogens with one attached hydrogen (secondary N) is 1. The topological polar surface area (TPSA) is 79.5 Å². The summed E-state index contributed by atoms with van der Waals surface area (Å²) in [5.74, 6) is -1.05. The van der Waals surface area contributed by atoms with Gasteiger partial charge in [-0.1, -0.05) is 41.1 Å². The molecule has 0 bridgehead atoms. The number of carbonyl (C=O) groups is 1. The zero-order valence-corrected chi connectivity index (χ0v) is 17.3. The highest BCUT2D eigenvalue weighted by Crippen LogP contribution is 2.28. The Hall–Kier alpha value is -3.16. The number of para-hydroxylation sites is 1. The van der Waals surface area contributed by atoms with Crippen molar-refractivity contribution in [3.63, 3.8) is 0 Å². The highest BCUT2D eigenvalue weighted by atomic mass is 35.5. The maximum absolute atomic E-state index is 11.4. The molecule has 0 fully saturated rings. The van der Waals surface area contributed by atoms with Crippen molar-refractivity contribution in [2.45, 2.75) is 6.92 Å². The third-order valence-corrected chi connectivity index (χ3v) is 5.87. The zero-order valence-electron chi connectivity index (χ0n) is 15.7. The summed E-state index contributed by atoms with van der Waals surface area (Å²) < 4.78 is 3.06. The quantitative estimate of drug-likeness (QED) is 0.328. The second-order valence-corrected chi connectivity index (χ2v) is 7.90. The molecule has 0 aliphatic rings. The first kappa shape index (κ1) is 19.2. The molecule has 0 aliphatic carbocycles. The molecule has 4 rings (SSSR count). The summed E-state index contributed by atoms with van der Waals surface area (Å²) in [4.78, 5) is 15.9. The standard InChI is InChI=1S/C21H17ClN4O2S/c1-12(24-25-21-23-16-5-3-4-6-19(16)29-21)17-9-10-18(26(17)2)13-7-8-15(22)14(11-13)20(27)28/h3-11H,1-2H3,(H,23,25)(H,27,28)/b24-12+. The zero-order chi connectivity index (χ0) is 20.5. The van der Waals surface area contributed by atoms with Crippen molar-refractivity contribution in [1.29, 1.82) is 0 Å². The van der Waals surface area contributed by atoms with Crippen molar-refractivity contribution >= 4 is 50.0 Å². The number of thiazole rings is 1. The molecular weight excluding hydrogens is 408 g/mol. The third kappa shape index (κ3) is 3.74. The van der Waals surface area contributed by atoms with E-state index in [1.165, 1.54) is 0 Å². The maximum atomic E-state index is 11.4. The average molecular weight is 425 g/mol. The lowest BCUT2D eigenvalue weighted by Crippen LogP contribution is -2.06. The van der Waals surface area contributed by atoms with E-state index >= 15 is 0 Å². The van der Waals surface area contributed by atoms with Gasteiger partial charge in [0.1, 0.15) is 0 Å². The summed E-state index contributed by atoms with van der Waals surface area (Å²) in [6.45, 7) is 1.91.